The molecule has 0 heterocycles. The number of benzene rings is 2. The second kappa shape index (κ2) is 7.65. The summed E-state index contributed by atoms with van der Waals surface area (Å²) in [5, 5.41) is 5.22. The summed E-state index contributed by atoms with van der Waals surface area (Å²) in [6, 6.07) is 11.9. The van der Waals surface area contributed by atoms with Gasteiger partial charge in [0.1, 0.15) is 11.6 Å². The predicted molar refractivity (Wildman–Crippen MR) is 92.9 cm³/mol. The molecule has 0 bridgehead atoms. The Morgan fingerprint density at radius 1 is 1.16 bits per heavy atom. The molecule has 0 unspecified atom stereocenters. The minimum absolute atomic E-state index is 0.0844. The molecule has 6 nitrogen and oxygen atoms in total. The highest BCUT2D eigenvalue weighted by molar-refractivity contribution is 5.91. The van der Waals surface area contributed by atoms with Gasteiger partial charge in [0.2, 0.25) is 5.91 Å². The number of primary amides is 1. The van der Waals surface area contributed by atoms with E-state index in [9.17, 15) is 14.0 Å². The molecule has 132 valence electrons. The van der Waals surface area contributed by atoms with Gasteiger partial charge in [-0.3, -0.25) is 4.79 Å². The van der Waals surface area contributed by atoms with Crippen LogP contribution in [0.4, 0.5) is 14.9 Å². The first kappa shape index (κ1) is 18.3. The predicted octanol–water partition coefficient (Wildman–Crippen LogP) is 3.25. The fourth-order valence-electron chi connectivity index (χ4n) is 1.87. The van der Waals surface area contributed by atoms with Crippen LogP contribution >= 0.6 is 0 Å². The quantitative estimate of drug-likeness (QED) is 0.750. The van der Waals surface area contributed by atoms with Gasteiger partial charge < -0.3 is 21.1 Å². The Bertz CT molecular complexity index is 778. The lowest BCUT2D eigenvalue weighted by atomic mass is 9.93. The average molecular weight is 345 g/mol. The number of para-hydroxylation sites is 2. The van der Waals surface area contributed by atoms with Gasteiger partial charge in [-0.15, -0.1) is 0 Å². The van der Waals surface area contributed by atoms with Crippen molar-refractivity contribution in [2.24, 2.45) is 11.1 Å². The summed E-state index contributed by atoms with van der Waals surface area (Å²) >= 11 is 0. The van der Waals surface area contributed by atoms with Crippen molar-refractivity contribution in [3.8, 4) is 11.5 Å². The zero-order valence-corrected chi connectivity index (χ0v) is 14.0. The Hall–Kier alpha value is -3.09. The van der Waals surface area contributed by atoms with Crippen molar-refractivity contribution in [3.63, 3.8) is 0 Å². The maximum Gasteiger partial charge on any atom is 0.319 e. The van der Waals surface area contributed by atoms with Gasteiger partial charge in [-0.2, -0.15) is 0 Å². The van der Waals surface area contributed by atoms with Gasteiger partial charge in [0.05, 0.1) is 11.1 Å². The minimum atomic E-state index is -0.866. The molecule has 0 atom stereocenters. The van der Waals surface area contributed by atoms with Crippen LogP contribution in [-0.4, -0.2) is 18.5 Å². The van der Waals surface area contributed by atoms with E-state index in [2.05, 4.69) is 10.6 Å². The van der Waals surface area contributed by atoms with Gasteiger partial charge >= 0.3 is 6.03 Å². The Morgan fingerprint density at radius 2 is 1.88 bits per heavy atom. The van der Waals surface area contributed by atoms with Crippen LogP contribution in [0.15, 0.2) is 48.5 Å². The topological polar surface area (TPSA) is 93.4 Å². The molecule has 0 saturated heterocycles. The van der Waals surface area contributed by atoms with Gasteiger partial charge in [0, 0.05) is 12.6 Å². The molecular weight excluding hydrogens is 325 g/mol. The summed E-state index contributed by atoms with van der Waals surface area (Å²) in [5.74, 6) is -0.265. The van der Waals surface area contributed by atoms with E-state index in [1.165, 1.54) is 18.2 Å². The van der Waals surface area contributed by atoms with Crippen LogP contribution in [-0.2, 0) is 4.79 Å². The number of anilines is 1. The molecule has 7 heteroatoms. The lowest BCUT2D eigenvalue weighted by Crippen LogP contribution is -2.43. The molecule has 4 N–H and O–H groups in total. The van der Waals surface area contributed by atoms with E-state index < -0.39 is 23.2 Å². The smallest absolute Gasteiger partial charge is 0.319 e. The highest BCUT2D eigenvalue weighted by atomic mass is 19.1. The molecule has 0 fully saturated rings. The molecule has 3 amide bonds. The lowest BCUT2D eigenvalue weighted by molar-refractivity contribution is -0.125. The number of nitrogens with one attached hydrogen (secondary N) is 2. The number of urea groups is 1. The van der Waals surface area contributed by atoms with Gasteiger partial charge in [-0.05, 0) is 38.1 Å². The van der Waals surface area contributed by atoms with Crippen molar-refractivity contribution >= 4 is 17.6 Å². The number of carbonyl (C=O) groups excluding carboxylic acids is 2. The number of hydrogen-bond acceptors (Lipinski definition) is 3. The summed E-state index contributed by atoms with van der Waals surface area (Å²) in [6.45, 7) is 3.36. The summed E-state index contributed by atoms with van der Waals surface area (Å²) in [6.07, 6.45) is 0. The summed E-state index contributed by atoms with van der Waals surface area (Å²) in [4.78, 5) is 23.3. The zero-order valence-electron chi connectivity index (χ0n) is 14.0. The Balaban J connectivity index is 2.05. The van der Waals surface area contributed by atoms with Crippen LogP contribution in [0.2, 0.25) is 0 Å². The molecule has 2 aromatic rings. The molecule has 0 aromatic heterocycles. The molecule has 0 spiro atoms. The standard InChI is InChI=1S/C18H20FN3O3/c1-18(2,16(20)23)11-21-17(24)22-14-8-3-4-9-15(14)25-13-7-5-6-12(19)10-13/h3-10H,11H2,1-2H3,(H2,20,23)(H2,21,22,24). The number of hydrogen-bond donors (Lipinski definition) is 3. The highest BCUT2D eigenvalue weighted by Crippen LogP contribution is 2.29. The van der Waals surface area contributed by atoms with E-state index in [0.717, 1.165) is 0 Å². The van der Waals surface area contributed by atoms with Crippen LogP contribution in [0, 0.1) is 11.2 Å². The zero-order chi connectivity index (χ0) is 18.4. The van der Waals surface area contributed by atoms with Crippen LogP contribution in [0.5, 0.6) is 11.5 Å². The van der Waals surface area contributed by atoms with Crippen molar-refractivity contribution in [1.29, 1.82) is 0 Å². The molecule has 0 saturated carbocycles. The molecule has 25 heavy (non-hydrogen) atoms. The number of amides is 3. The van der Waals surface area contributed by atoms with E-state index in [1.54, 1.807) is 44.2 Å². The third-order valence-corrected chi connectivity index (χ3v) is 3.52. The van der Waals surface area contributed by atoms with Crippen molar-refractivity contribution in [1.82, 2.24) is 5.32 Å². The molecule has 2 aromatic carbocycles. The first-order valence-corrected chi connectivity index (χ1v) is 7.65. The Kier molecular flexibility index (Phi) is 5.59. The van der Waals surface area contributed by atoms with Crippen molar-refractivity contribution in [2.45, 2.75) is 13.8 Å². The normalized spacial score (nSPS) is 10.8. The summed E-state index contributed by atoms with van der Waals surface area (Å²) in [7, 11) is 0. The third-order valence-electron chi connectivity index (χ3n) is 3.52. The van der Waals surface area contributed by atoms with E-state index >= 15 is 0 Å². The van der Waals surface area contributed by atoms with E-state index in [0.29, 0.717) is 17.2 Å². The fraction of sp³-hybridized carbons (Fsp3) is 0.222. The van der Waals surface area contributed by atoms with Crippen LogP contribution in [0.3, 0.4) is 0 Å². The lowest BCUT2D eigenvalue weighted by Gasteiger charge is -2.21. The number of halogens is 1. The molecule has 2 rings (SSSR count). The Labute approximate surface area is 145 Å². The third kappa shape index (κ3) is 5.20. The highest BCUT2D eigenvalue weighted by Gasteiger charge is 2.25. The van der Waals surface area contributed by atoms with Crippen LogP contribution in [0.1, 0.15) is 13.8 Å². The number of carbonyl (C=O) groups is 2. The Morgan fingerprint density at radius 3 is 2.56 bits per heavy atom. The first-order valence-electron chi connectivity index (χ1n) is 7.65. The summed E-state index contributed by atoms with van der Waals surface area (Å²) < 4.78 is 18.9. The molecular formula is C18H20FN3O3. The molecule has 0 aliphatic carbocycles. The fourth-order valence-corrected chi connectivity index (χ4v) is 1.87. The molecule has 0 aliphatic rings. The molecule has 0 radical (unpaired) electrons. The maximum absolute atomic E-state index is 13.3. The first-order chi connectivity index (χ1) is 11.8. The summed E-state index contributed by atoms with van der Waals surface area (Å²) in [5.41, 5.74) is 4.81. The number of rotatable bonds is 6. The van der Waals surface area contributed by atoms with Crippen molar-refractivity contribution in [2.75, 3.05) is 11.9 Å². The van der Waals surface area contributed by atoms with Gasteiger partial charge in [-0.25, -0.2) is 9.18 Å². The number of nitrogens with two attached hydrogens (primary N) is 1. The van der Waals surface area contributed by atoms with Crippen molar-refractivity contribution < 1.29 is 18.7 Å². The van der Waals surface area contributed by atoms with E-state index in [4.69, 9.17) is 10.5 Å². The largest absolute Gasteiger partial charge is 0.455 e. The van der Waals surface area contributed by atoms with Crippen LogP contribution in [0.25, 0.3) is 0 Å². The van der Waals surface area contributed by atoms with Crippen LogP contribution < -0.4 is 21.1 Å². The monoisotopic (exact) mass is 345 g/mol. The van der Waals surface area contributed by atoms with Gasteiger partial charge in [0.25, 0.3) is 0 Å². The average Bonchev–Trinajstić information content (AvgIpc) is 2.55. The van der Waals surface area contributed by atoms with Gasteiger partial charge in [0.15, 0.2) is 5.75 Å². The van der Waals surface area contributed by atoms with Crippen molar-refractivity contribution in [3.05, 3.63) is 54.3 Å². The van der Waals surface area contributed by atoms with E-state index in [1.807, 2.05) is 0 Å². The van der Waals surface area contributed by atoms with E-state index in [-0.39, 0.29) is 6.54 Å². The maximum atomic E-state index is 13.3. The second-order valence-electron chi connectivity index (χ2n) is 6.11. The van der Waals surface area contributed by atoms with Gasteiger partial charge in [-0.1, -0.05) is 18.2 Å². The SMILES string of the molecule is CC(C)(CNC(=O)Nc1ccccc1Oc1cccc(F)c1)C(N)=O. The second-order valence-corrected chi connectivity index (χ2v) is 6.11. The minimum Gasteiger partial charge on any atom is -0.455 e. The molecule has 0 aliphatic heterocycles. The number of ether oxygens (including phenoxy) is 1.